The zero-order chi connectivity index (χ0) is 19.1. The zero-order valence-electron chi connectivity index (χ0n) is 15.7. The molecule has 1 aliphatic heterocycles. The SMILES string of the molecule is COc1ccc(OCCCC(=O)N[C@H](C)c2ccc3c(c2)OCCO3)cc1. The minimum absolute atomic E-state index is 0.00396. The van der Waals surface area contributed by atoms with Crippen LogP contribution in [0, 0.1) is 0 Å². The quantitative estimate of drug-likeness (QED) is 0.720. The standard InChI is InChI=1S/C21H25NO5/c1-15(16-5-10-19-20(14-16)27-13-12-26-19)22-21(23)4-3-11-25-18-8-6-17(24-2)7-9-18/h5-10,14-15H,3-4,11-13H2,1-2H3,(H,22,23)/t15-/m1/s1. The van der Waals surface area contributed by atoms with Crippen LogP contribution in [-0.4, -0.2) is 32.8 Å². The van der Waals surface area contributed by atoms with Gasteiger partial charge in [0.25, 0.3) is 0 Å². The second-order valence-corrected chi connectivity index (χ2v) is 6.32. The molecule has 6 heteroatoms. The van der Waals surface area contributed by atoms with Crippen molar-refractivity contribution in [2.45, 2.75) is 25.8 Å². The van der Waals surface area contributed by atoms with Gasteiger partial charge in [0.15, 0.2) is 11.5 Å². The lowest BCUT2D eigenvalue weighted by Crippen LogP contribution is -2.27. The Bertz CT molecular complexity index is 760. The summed E-state index contributed by atoms with van der Waals surface area (Å²) in [6.07, 6.45) is 1.05. The molecule has 0 saturated heterocycles. The van der Waals surface area contributed by atoms with Gasteiger partial charge in [-0.25, -0.2) is 0 Å². The fraction of sp³-hybridized carbons (Fsp3) is 0.381. The maximum absolute atomic E-state index is 12.2. The Morgan fingerprint density at radius 1 is 1.07 bits per heavy atom. The summed E-state index contributed by atoms with van der Waals surface area (Å²) in [7, 11) is 1.63. The highest BCUT2D eigenvalue weighted by Gasteiger charge is 2.15. The van der Waals surface area contributed by atoms with Crippen LogP contribution in [0.4, 0.5) is 0 Å². The van der Waals surface area contributed by atoms with Gasteiger partial charge in [0.05, 0.1) is 19.8 Å². The Kier molecular flexibility index (Phi) is 6.41. The maximum Gasteiger partial charge on any atom is 0.220 e. The minimum atomic E-state index is -0.101. The molecule has 3 rings (SSSR count). The van der Waals surface area contributed by atoms with E-state index in [1.165, 1.54) is 0 Å². The Morgan fingerprint density at radius 3 is 2.52 bits per heavy atom. The lowest BCUT2D eigenvalue weighted by Gasteiger charge is -2.21. The summed E-state index contributed by atoms with van der Waals surface area (Å²) in [5.41, 5.74) is 0.988. The van der Waals surface area contributed by atoms with E-state index in [4.69, 9.17) is 18.9 Å². The number of methoxy groups -OCH3 is 1. The van der Waals surface area contributed by atoms with Crippen molar-refractivity contribution in [1.29, 1.82) is 0 Å². The van der Waals surface area contributed by atoms with E-state index >= 15 is 0 Å². The van der Waals surface area contributed by atoms with E-state index < -0.39 is 0 Å². The van der Waals surface area contributed by atoms with Crippen LogP contribution in [0.25, 0.3) is 0 Å². The zero-order valence-corrected chi connectivity index (χ0v) is 15.7. The number of ether oxygens (including phenoxy) is 4. The Balaban J connectivity index is 1.40. The normalized spacial score (nSPS) is 13.6. The Morgan fingerprint density at radius 2 is 1.78 bits per heavy atom. The molecular weight excluding hydrogens is 346 g/mol. The van der Waals surface area contributed by atoms with Crippen LogP contribution in [0.3, 0.4) is 0 Å². The third kappa shape index (κ3) is 5.29. The van der Waals surface area contributed by atoms with Gasteiger partial charge in [0.1, 0.15) is 24.7 Å². The van der Waals surface area contributed by atoms with Crippen LogP contribution in [0.5, 0.6) is 23.0 Å². The van der Waals surface area contributed by atoms with E-state index in [1.807, 2.05) is 49.4 Å². The summed E-state index contributed by atoms with van der Waals surface area (Å²) in [6.45, 7) is 3.55. The molecule has 1 aliphatic rings. The molecule has 0 unspecified atom stereocenters. The molecule has 0 aromatic heterocycles. The van der Waals surface area contributed by atoms with Gasteiger partial charge in [-0.1, -0.05) is 6.07 Å². The van der Waals surface area contributed by atoms with E-state index in [2.05, 4.69) is 5.32 Å². The number of hydrogen-bond acceptors (Lipinski definition) is 5. The van der Waals surface area contributed by atoms with Gasteiger partial charge in [-0.15, -0.1) is 0 Å². The third-order valence-corrected chi connectivity index (χ3v) is 4.32. The second kappa shape index (κ2) is 9.16. The summed E-state index contributed by atoms with van der Waals surface area (Å²) >= 11 is 0. The van der Waals surface area contributed by atoms with Crippen molar-refractivity contribution in [3.8, 4) is 23.0 Å². The molecule has 1 heterocycles. The molecule has 0 aliphatic carbocycles. The number of hydrogen-bond donors (Lipinski definition) is 1. The van der Waals surface area contributed by atoms with Crippen molar-refractivity contribution in [1.82, 2.24) is 5.32 Å². The Hall–Kier alpha value is -2.89. The average molecular weight is 371 g/mol. The number of nitrogens with one attached hydrogen (secondary N) is 1. The summed E-state index contributed by atoms with van der Waals surface area (Å²) < 4.78 is 21.9. The highest BCUT2D eigenvalue weighted by Crippen LogP contribution is 2.32. The second-order valence-electron chi connectivity index (χ2n) is 6.32. The van der Waals surface area contributed by atoms with Crippen molar-refractivity contribution < 1.29 is 23.7 Å². The lowest BCUT2D eigenvalue weighted by atomic mass is 10.1. The van der Waals surface area contributed by atoms with E-state index in [0.29, 0.717) is 32.7 Å². The number of fused-ring (bicyclic) bond motifs is 1. The van der Waals surface area contributed by atoms with Crippen molar-refractivity contribution in [2.75, 3.05) is 26.9 Å². The number of carbonyl (C=O) groups is 1. The van der Waals surface area contributed by atoms with Crippen molar-refractivity contribution in [3.63, 3.8) is 0 Å². The van der Waals surface area contributed by atoms with E-state index in [1.54, 1.807) is 7.11 Å². The van der Waals surface area contributed by atoms with Crippen LogP contribution >= 0.6 is 0 Å². The van der Waals surface area contributed by atoms with Crippen molar-refractivity contribution >= 4 is 5.91 Å². The van der Waals surface area contributed by atoms with Gasteiger partial charge < -0.3 is 24.3 Å². The molecular formula is C21H25NO5. The molecule has 0 radical (unpaired) electrons. The smallest absolute Gasteiger partial charge is 0.220 e. The highest BCUT2D eigenvalue weighted by molar-refractivity contribution is 5.76. The molecule has 2 aromatic rings. The number of benzene rings is 2. The van der Waals surface area contributed by atoms with E-state index in [9.17, 15) is 4.79 Å². The van der Waals surface area contributed by atoms with Gasteiger partial charge in [-0.05, 0) is 55.3 Å². The molecule has 0 spiro atoms. The molecule has 1 N–H and O–H groups in total. The largest absolute Gasteiger partial charge is 0.497 e. The molecule has 1 atom stereocenters. The fourth-order valence-electron chi connectivity index (χ4n) is 2.82. The van der Waals surface area contributed by atoms with Crippen molar-refractivity contribution in [2.24, 2.45) is 0 Å². The van der Waals surface area contributed by atoms with Crippen molar-refractivity contribution in [3.05, 3.63) is 48.0 Å². The summed E-state index contributed by atoms with van der Waals surface area (Å²) in [5, 5.41) is 3.01. The number of rotatable bonds is 8. The van der Waals surface area contributed by atoms with Gasteiger partial charge in [-0.3, -0.25) is 4.79 Å². The Labute approximate surface area is 159 Å². The van der Waals surface area contributed by atoms with Gasteiger partial charge >= 0.3 is 0 Å². The lowest BCUT2D eigenvalue weighted by molar-refractivity contribution is -0.121. The maximum atomic E-state index is 12.2. The first-order valence-electron chi connectivity index (χ1n) is 9.11. The molecule has 6 nitrogen and oxygen atoms in total. The van der Waals surface area contributed by atoms with E-state index in [-0.39, 0.29) is 11.9 Å². The molecule has 0 fully saturated rings. The minimum Gasteiger partial charge on any atom is -0.497 e. The van der Waals surface area contributed by atoms with Crippen LogP contribution in [-0.2, 0) is 4.79 Å². The van der Waals surface area contributed by atoms with Gasteiger partial charge in [-0.2, -0.15) is 0 Å². The monoisotopic (exact) mass is 371 g/mol. The molecule has 0 saturated carbocycles. The first kappa shape index (κ1) is 18.9. The summed E-state index contributed by atoms with van der Waals surface area (Å²) in [6, 6.07) is 13.0. The predicted octanol–water partition coefficient (Wildman–Crippen LogP) is 3.50. The van der Waals surface area contributed by atoms with Crippen LogP contribution in [0.1, 0.15) is 31.4 Å². The molecule has 1 amide bonds. The fourth-order valence-corrected chi connectivity index (χ4v) is 2.82. The van der Waals surface area contributed by atoms with E-state index in [0.717, 1.165) is 28.6 Å². The van der Waals surface area contributed by atoms with Gasteiger partial charge in [0.2, 0.25) is 5.91 Å². The summed E-state index contributed by atoms with van der Waals surface area (Å²) in [4.78, 5) is 12.2. The predicted molar refractivity (Wildman–Crippen MR) is 102 cm³/mol. The first-order chi connectivity index (χ1) is 13.2. The van der Waals surface area contributed by atoms with Gasteiger partial charge in [0, 0.05) is 6.42 Å². The van der Waals surface area contributed by atoms with Crippen LogP contribution in [0.2, 0.25) is 0 Å². The van der Waals surface area contributed by atoms with Crippen LogP contribution in [0.15, 0.2) is 42.5 Å². The van der Waals surface area contributed by atoms with Crippen LogP contribution < -0.4 is 24.3 Å². The molecule has 27 heavy (non-hydrogen) atoms. The molecule has 144 valence electrons. The topological polar surface area (TPSA) is 66.0 Å². The average Bonchev–Trinajstić information content (AvgIpc) is 2.71. The third-order valence-electron chi connectivity index (χ3n) is 4.32. The number of amides is 1. The first-order valence-corrected chi connectivity index (χ1v) is 9.11. The summed E-state index contributed by atoms with van der Waals surface area (Å²) in [5.74, 6) is 3.03. The number of carbonyl (C=O) groups excluding carboxylic acids is 1. The molecule has 2 aromatic carbocycles. The molecule has 0 bridgehead atoms. The highest BCUT2D eigenvalue weighted by atomic mass is 16.6.